The highest BCUT2D eigenvalue weighted by Gasteiger charge is 2.46. The van der Waals surface area contributed by atoms with Crippen LogP contribution in [0.2, 0.25) is 0 Å². The number of alkyl halides is 4. The summed E-state index contributed by atoms with van der Waals surface area (Å²) in [6.45, 7) is -0.637. The van der Waals surface area contributed by atoms with Crippen molar-refractivity contribution in [1.29, 1.82) is 0 Å². The second-order valence-electron chi connectivity index (χ2n) is 6.32. The highest BCUT2D eigenvalue weighted by Crippen LogP contribution is 2.36. The summed E-state index contributed by atoms with van der Waals surface area (Å²) >= 11 is 0. The third-order valence-electron chi connectivity index (χ3n) is 4.34. The van der Waals surface area contributed by atoms with E-state index in [2.05, 4.69) is 20.3 Å². The molecule has 4 rings (SSSR count). The molecule has 0 amide bonds. The molecule has 2 fully saturated rings. The zero-order valence-corrected chi connectivity index (χ0v) is 13.2. The molecule has 0 spiro atoms. The van der Waals surface area contributed by atoms with Gasteiger partial charge in [-0.15, -0.1) is 0 Å². The Hall–Kier alpha value is -2.05. The molecule has 1 saturated heterocycles. The number of rotatable bonds is 4. The van der Waals surface area contributed by atoms with Crippen LogP contribution in [0.5, 0.6) is 0 Å². The largest absolute Gasteiger partial charge is 0.451 e. The van der Waals surface area contributed by atoms with Crippen LogP contribution in [-0.2, 0) is 10.9 Å². The van der Waals surface area contributed by atoms with Gasteiger partial charge in [-0.25, -0.2) is 19.3 Å². The molecule has 2 unspecified atom stereocenters. The van der Waals surface area contributed by atoms with Crippen molar-refractivity contribution in [2.45, 2.75) is 49.7 Å². The molecule has 1 aliphatic heterocycles. The standard InChI is InChI=1S/C14H15F4N5O3/c15-7-9(25)6(3-24)26-12(7)23-4-19-8-10(20-5-1-2-5)21-13(14(16,17)18)22-11(8)23/h4-7,9,12,24-25H,1-3H2,(H,20,21,22)/t6-,7?,9?,12-/m1/s1. The maximum Gasteiger partial charge on any atom is 0.451 e. The maximum atomic E-state index is 14.3. The SMILES string of the molecule is OC[C@H]1O[C@@H](n2cnc3c(NC4CC4)nc(C(F)(F)F)nc32)C(F)C1O. The second-order valence-corrected chi connectivity index (χ2v) is 6.32. The number of anilines is 1. The van der Waals surface area contributed by atoms with Gasteiger partial charge in [0.15, 0.2) is 29.4 Å². The first-order chi connectivity index (χ1) is 12.3. The molecule has 3 heterocycles. The Morgan fingerprint density at radius 1 is 1.31 bits per heavy atom. The van der Waals surface area contributed by atoms with Crippen molar-refractivity contribution in [3.63, 3.8) is 0 Å². The molecule has 4 atom stereocenters. The molecule has 2 aromatic heterocycles. The van der Waals surface area contributed by atoms with Gasteiger partial charge in [0.05, 0.1) is 12.9 Å². The van der Waals surface area contributed by atoms with Crippen LogP contribution in [0, 0.1) is 0 Å². The minimum atomic E-state index is -4.80. The van der Waals surface area contributed by atoms with Gasteiger partial charge in [-0.1, -0.05) is 0 Å². The Labute approximate surface area is 143 Å². The van der Waals surface area contributed by atoms with Gasteiger partial charge in [0, 0.05) is 6.04 Å². The molecule has 0 bridgehead atoms. The summed E-state index contributed by atoms with van der Waals surface area (Å²) in [6.07, 6.45) is -8.35. The number of imidazole rings is 1. The fourth-order valence-corrected chi connectivity index (χ4v) is 2.83. The summed E-state index contributed by atoms with van der Waals surface area (Å²) in [5, 5.41) is 21.7. The summed E-state index contributed by atoms with van der Waals surface area (Å²) in [5.41, 5.74) is -0.225. The van der Waals surface area contributed by atoms with Gasteiger partial charge in [-0.05, 0) is 12.8 Å². The van der Waals surface area contributed by atoms with E-state index in [9.17, 15) is 22.7 Å². The zero-order chi connectivity index (χ0) is 18.6. The molecule has 0 radical (unpaired) electrons. The van der Waals surface area contributed by atoms with Crippen molar-refractivity contribution in [3.05, 3.63) is 12.2 Å². The van der Waals surface area contributed by atoms with Gasteiger partial charge in [-0.2, -0.15) is 13.2 Å². The van der Waals surface area contributed by atoms with Crippen molar-refractivity contribution in [2.75, 3.05) is 11.9 Å². The van der Waals surface area contributed by atoms with Crippen molar-refractivity contribution in [2.24, 2.45) is 0 Å². The minimum Gasteiger partial charge on any atom is -0.394 e. The van der Waals surface area contributed by atoms with Crippen LogP contribution < -0.4 is 5.32 Å². The van der Waals surface area contributed by atoms with E-state index < -0.39 is 43.2 Å². The van der Waals surface area contributed by atoms with Gasteiger partial charge in [0.25, 0.3) is 0 Å². The second kappa shape index (κ2) is 5.99. The third kappa shape index (κ3) is 2.87. The monoisotopic (exact) mass is 377 g/mol. The van der Waals surface area contributed by atoms with E-state index in [-0.39, 0.29) is 23.0 Å². The highest BCUT2D eigenvalue weighted by atomic mass is 19.4. The highest BCUT2D eigenvalue weighted by molar-refractivity contribution is 5.83. The van der Waals surface area contributed by atoms with Crippen LogP contribution in [0.3, 0.4) is 0 Å². The number of hydrogen-bond donors (Lipinski definition) is 3. The Balaban J connectivity index is 1.81. The molecule has 26 heavy (non-hydrogen) atoms. The lowest BCUT2D eigenvalue weighted by atomic mass is 10.1. The normalized spacial score (nSPS) is 29.5. The number of aliphatic hydroxyl groups is 2. The summed E-state index contributed by atoms with van der Waals surface area (Å²) in [6, 6.07) is 0.0107. The molecule has 142 valence electrons. The fraction of sp³-hybridized carbons (Fsp3) is 0.643. The lowest BCUT2D eigenvalue weighted by molar-refractivity contribution is -0.144. The molecular formula is C14H15F4N5O3. The first-order valence-electron chi connectivity index (χ1n) is 7.96. The average molecular weight is 377 g/mol. The summed E-state index contributed by atoms with van der Waals surface area (Å²) in [7, 11) is 0. The molecule has 8 nitrogen and oxygen atoms in total. The van der Waals surface area contributed by atoms with Crippen LogP contribution in [0.15, 0.2) is 6.33 Å². The van der Waals surface area contributed by atoms with Crippen LogP contribution >= 0.6 is 0 Å². The first-order valence-corrected chi connectivity index (χ1v) is 7.96. The minimum absolute atomic E-state index is 0.0107. The van der Waals surface area contributed by atoms with Gasteiger partial charge in [0.1, 0.15) is 12.2 Å². The first kappa shape index (κ1) is 17.4. The van der Waals surface area contributed by atoms with E-state index >= 15 is 0 Å². The van der Waals surface area contributed by atoms with Crippen molar-refractivity contribution in [3.8, 4) is 0 Å². The lowest BCUT2D eigenvalue weighted by Gasteiger charge is -2.16. The van der Waals surface area contributed by atoms with Crippen molar-refractivity contribution in [1.82, 2.24) is 19.5 Å². The molecule has 1 saturated carbocycles. The number of nitrogens with zero attached hydrogens (tertiary/aromatic N) is 4. The number of halogens is 4. The van der Waals surface area contributed by atoms with E-state index in [4.69, 9.17) is 9.84 Å². The van der Waals surface area contributed by atoms with E-state index in [1.165, 1.54) is 0 Å². The number of ether oxygens (including phenoxy) is 1. The molecule has 1 aliphatic carbocycles. The molecule has 0 aromatic carbocycles. The lowest BCUT2D eigenvalue weighted by Crippen LogP contribution is -2.30. The van der Waals surface area contributed by atoms with Gasteiger partial charge in [0.2, 0.25) is 5.82 Å². The van der Waals surface area contributed by atoms with Crippen molar-refractivity contribution >= 4 is 17.0 Å². The van der Waals surface area contributed by atoms with E-state index in [0.29, 0.717) is 0 Å². The number of nitrogens with one attached hydrogen (secondary N) is 1. The zero-order valence-electron chi connectivity index (χ0n) is 13.2. The number of aromatic nitrogens is 4. The van der Waals surface area contributed by atoms with E-state index in [0.717, 1.165) is 23.7 Å². The van der Waals surface area contributed by atoms with E-state index in [1.54, 1.807) is 0 Å². The van der Waals surface area contributed by atoms with Gasteiger partial charge < -0.3 is 20.3 Å². The van der Waals surface area contributed by atoms with Crippen LogP contribution in [0.25, 0.3) is 11.2 Å². The summed E-state index contributed by atoms with van der Waals surface area (Å²) < 4.78 is 60.0. The van der Waals surface area contributed by atoms with Crippen LogP contribution in [-0.4, -0.2) is 60.8 Å². The smallest absolute Gasteiger partial charge is 0.394 e. The predicted octanol–water partition coefficient (Wildman–Crippen LogP) is 1.01. The van der Waals surface area contributed by atoms with Gasteiger partial charge in [-0.3, -0.25) is 4.57 Å². The number of fused-ring (bicyclic) bond motifs is 1. The Morgan fingerprint density at radius 3 is 2.62 bits per heavy atom. The fourth-order valence-electron chi connectivity index (χ4n) is 2.83. The third-order valence-corrected chi connectivity index (χ3v) is 4.34. The quantitative estimate of drug-likeness (QED) is 0.683. The van der Waals surface area contributed by atoms with Crippen molar-refractivity contribution < 1.29 is 32.5 Å². The van der Waals surface area contributed by atoms with E-state index in [1.807, 2.05) is 0 Å². The topological polar surface area (TPSA) is 105 Å². The van der Waals surface area contributed by atoms with Gasteiger partial charge >= 0.3 is 6.18 Å². The van der Waals surface area contributed by atoms with Crippen LogP contribution in [0.1, 0.15) is 24.9 Å². The Bertz CT molecular complexity index is 825. The average Bonchev–Trinajstić information content (AvgIpc) is 3.22. The summed E-state index contributed by atoms with van der Waals surface area (Å²) in [4.78, 5) is 11.0. The van der Waals surface area contributed by atoms with Crippen LogP contribution in [0.4, 0.5) is 23.4 Å². The summed E-state index contributed by atoms with van der Waals surface area (Å²) in [5.74, 6) is -1.47. The molecule has 12 heteroatoms. The number of hydrogen-bond acceptors (Lipinski definition) is 7. The molecule has 2 aliphatic rings. The number of aliphatic hydroxyl groups excluding tert-OH is 2. The molecular weight excluding hydrogens is 362 g/mol. The Morgan fingerprint density at radius 2 is 2.04 bits per heavy atom. The molecule has 3 N–H and O–H groups in total. The Kier molecular flexibility index (Phi) is 4.00. The maximum absolute atomic E-state index is 14.3. The molecule has 2 aromatic rings. The predicted molar refractivity (Wildman–Crippen MR) is 78.9 cm³/mol.